The fraction of sp³-hybridized carbons (Fsp3) is 0.0286. The van der Waals surface area contributed by atoms with Crippen LogP contribution in [0.15, 0.2) is 413 Å². The Morgan fingerprint density at radius 3 is 0.944 bits per heavy atom. The third kappa shape index (κ3) is 8.35. The van der Waals surface area contributed by atoms with Crippen LogP contribution in [0.2, 0.25) is 0 Å². The van der Waals surface area contributed by atoms with Gasteiger partial charge in [0.15, 0.2) is 0 Å². The zero-order chi connectivity index (χ0) is 70.4. The van der Waals surface area contributed by atoms with Crippen LogP contribution in [0, 0.1) is 0 Å². The van der Waals surface area contributed by atoms with Crippen LogP contribution in [0.4, 0.5) is 34.1 Å². The molecular formula is C105H68N2. The van der Waals surface area contributed by atoms with Crippen molar-refractivity contribution in [2.24, 2.45) is 0 Å². The number of para-hydroxylation sites is 6. The van der Waals surface area contributed by atoms with Crippen LogP contribution >= 0.6 is 0 Å². The van der Waals surface area contributed by atoms with Crippen LogP contribution < -0.4 is 9.80 Å². The Labute approximate surface area is 623 Å². The highest BCUT2D eigenvalue weighted by atomic mass is 15.2. The number of fused-ring (bicyclic) bond motifs is 18. The summed E-state index contributed by atoms with van der Waals surface area (Å²) >= 11 is 0. The highest BCUT2D eigenvalue weighted by molar-refractivity contribution is 6.23. The van der Waals surface area contributed by atoms with Crippen molar-refractivity contribution in [1.29, 1.82) is 0 Å². The Bertz CT molecular complexity index is 6210. The molecule has 1 spiro atoms. The average Bonchev–Trinajstić information content (AvgIpc) is 1.63. The largest absolute Gasteiger partial charge is 0.309 e. The summed E-state index contributed by atoms with van der Waals surface area (Å²) in [6.45, 7) is 0. The molecule has 0 amide bonds. The third-order valence-corrected chi connectivity index (χ3v) is 24.1. The molecule has 0 bridgehead atoms. The van der Waals surface area contributed by atoms with E-state index in [9.17, 15) is 0 Å². The maximum absolute atomic E-state index is 2.60. The first kappa shape index (κ1) is 60.9. The van der Waals surface area contributed by atoms with Crippen molar-refractivity contribution in [3.05, 3.63) is 479 Å². The van der Waals surface area contributed by atoms with Gasteiger partial charge in [0.2, 0.25) is 0 Å². The number of rotatable bonds is 9. The molecule has 0 radical (unpaired) electrons. The smallest absolute Gasteiger partial charge is 0.0742 e. The van der Waals surface area contributed by atoms with E-state index >= 15 is 0 Å². The van der Waals surface area contributed by atoms with Crippen molar-refractivity contribution in [2.75, 3.05) is 9.80 Å². The zero-order valence-corrected chi connectivity index (χ0v) is 58.7. The van der Waals surface area contributed by atoms with Gasteiger partial charge < -0.3 is 9.80 Å². The summed E-state index contributed by atoms with van der Waals surface area (Å²) in [5.74, 6) is 0. The molecule has 0 fully saturated rings. The molecule has 0 atom stereocenters. The molecule has 0 aromatic heterocycles. The van der Waals surface area contributed by atoms with Crippen molar-refractivity contribution in [3.8, 4) is 55.6 Å². The lowest BCUT2D eigenvalue weighted by Crippen LogP contribution is -2.38. The van der Waals surface area contributed by atoms with E-state index in [-0.39, 0.29) is 0 Å². The summed E-state index contributed by atoms with van der Waals surface area (Å²) in [5.41, 5.74) is 31.6. The summed E-state index contributed by atoms with van der Waals surface area (Å²) in [7, 11) is 0. The Morgan fingerprint density at radius 2 is 0.495 bits per heavy atom. The van der Waals surface area contributed by atoms with E-state index in [1.807, 2.05) is 0 Å². The summed E-state index contributed by atoms with van der Waals surface area (Å²) in [6, 6.07) is 157. The van der Waals surface area contributed by atoms with Gasteiger partial charge in [-0.2, -0.15) is 0 Å². The first-order valence-corrected chi connectivity index (χ1v) is 37.4. The number of nitrogens with zero attached hydrogens (tertiary/aromatic N) is 2. The summed E-state index contributed by atoms with van der Waals surface area (Å²) in [5, 5.41) is 7.11. The van der Waals surface area contributed by atoms with Crippen molar-refractivity contribution in [3.63, 3.8) is 0 Å². The number of hydrogen-bond donors (Lipinski definition) is 0. The molecule has 0 saturated heterocycles. The second kappa shape index (κ2) is 23.7. The average molecular weight is 1360 g/mol. The molecule has 2 nitrogen and oxygen atoms in total. The lowest BCUT2D eigenvalue weighted by Gasteiger charge is -2.47. The highest BCUT2D eigenvalue weighted by Crippen LogP contribution is 2.68. The molecule has 0 saturated carbocycles. The lowest BCUT2D eigenvalue weighted by atomic mass is 9.62. The molecule has 0 unspecified atom stereocenters. The van der Waals surface area contributed by atoms with Crippen LogP contribution in [0.1, 0.15) is 66.8 Å². The van der Waals surface area contributed by atoms with E-state index in [1.54, 1.807) is 0 Å². The van der Waals surface area contributed by atoms with Gasteiger partial charge in [-0.3, -0.25) is 0 Å². The van der Waals surface area contributed by atoms with Crippen LogP contribution in [0.5, 0.6) is 0 Å². The van der Waals surface area contributed by atoms with E-state index in [1.165, 1.54) is 122 Å². The van der Waals surface area contributed by atoms with Gasteiger partial charge in [0.05, 0.1) is 39.0 Å². The van der Waals surface area contributed by atoms with Crippen LogP contribution in [0.3, 0.4) is 0 Å². The molecular weight excluding hydrogens is 1290 g/mol. The fourth-order valence-electron chi connectivity index (χ4n) is 20.2. The quantitative estimate of drug-likeness (QED) is 0.133. The van der Waals surface area contributed by atoms with Gasteiger partial charge in [-0.25, -0.2) is 0 Å². The van der Waals surface area contributed by atoms with E-state index < -0.39 is 16.2 Å². The molecule has 2 heterocycles. The van der Waals surface area contributed by atoms with Gasteiger partial charge in [0, 0.05) is 22.5 Å². The third-order valence-electron chi connectivity index (χ3n) is 24.1. The topological polar surface area (TPSA) is 6.48 Å². The second-order valence-electron chi connectivity index (χ2n) is 29.1. The summed E-state index contributed by atoms with van der Waals surface area (Å²) < 4.78 is 0. The minimum absolute atomic E-state index is 0.692. The van der Waals surface area contributed by atoms with Crippen molar-refractivity contribution < 1.29 is 0 Å². The first-order chi connectivity index (χ1) is 53.2. The van der Waals surface area contributed by atoms with Gasteiger partial charge in [-0.15, -0.1) is 0 Å². The second-order valence-corrected chi connectivity index (χ2v) is 29.1. The Kier molecular flexibility index (Phi) is 13.5. The van der Waals surface area contributed by atoms with Crippen LogP contribution in [-0.4, -0.2) is 0 Å². The number of benzene rings is 18. The van der Waals surface area contributed by atoms with Crippen molar-refractivity contribution >= 4 is 66.4 Å². The lowest BCUT2D eigenvalue weighted by molar-refractivity contribution is 0.731. The summed E-state index contributed by atoms with van der Waals surface area (Å²) in [6.07, 6.45) is 0. The Hall–Kier alpha value is -13.7. The van der Waals surface area contributed by atoms with Gasteiger partial charge in [0.25, 0.3) is 0 Å². The minimum atomic E-state index is -0.738. The molecule has 18 aromatic carbocycles. The molecule has 107 heavy (non-hydrogen) atoms. The summed E-state index contributed by atoms with van der Waals surface area (Å²) in [4.78, 5) is 5.14. The van der Waals surface area contributed by atoms with E-state index in [0.717, 1.165) is 67.2 Å². The van der Waals surface area contributed by atoms with Crippen molar-refractivity contribution in [1.82, 2.24) is 0 Å². The normalized spacial score (nSPS) is 14.2. The van der Waals surface area contributed by atoms with Crippen LogP contribution in [-0.2, 0) is 16.2 Å². The van der Waals surface area contributed by atoms with Crippen LogP contribution in [0.25, 0.3) is 88.0 Å². The Morgan fingerprint density at radius 1 is 0.178 bits per heavy atom. The molecule has 498 valence electrons. The van der Waals surface area contributed by atoms with E-state index in [4.69, 9.17) is 0 Å². The predicted octanol–water partition coefficient (Wildman–Crippen LogP) is 26.8. The van der Waals surface area contributed by atoms with Gasteiger partial charge >= 0.3 is 0 Å². The SMILES string of the molecule is c1ccc(N2c3ccccc3C(c3ccccc3)(c3ccccc3)c3cccc(-c4cccc5c(-c6cc7ccccc7c7c6C6(c8ccccc8-c8ccccc86)c6ccccc6-7)c6cccc(-c7cccc8c7N(c7ccccc7)c7ccccc7C8(c7ccccc7)c7ccccc7)c6cc45)c32)cc1. The van der Waals surface area contributed by atoms with Gasteiger partial charge in [-0.1, -0.05) is 364 Å². The zero-order valence-electron chi connectivity index (χ0n) is 58.7. The van der Waals surface area contributed by atoms with E-state index in [2.05, 4.69) is 422 Å². The standard InChI is InChI=1S/C105H68N2/c1-7-36-70(37-8-1)103(71-38-9-2-10-39-71)92-61-27-29-65-96(92)106(74-44-15-5-16-45-74)101-83(56-33-63-94(101)103)77-52-31-54-81-86(77)68-87-78(84-57-34-64-95-102(84)107(75-46-17-6-18-47-75)97-66-30-28-62-93(97)104(95,72-40-11-3-12-41-72)73-42-13-4-14-43-73)53-32-55-82(87)98(81)88-67-69-35-19-20-48-76(69)99-85-51-23-26-60-91(85)105(100(88)99)89-58-24-21-49-79(89)80-50-22-25-59-90(80)105/h1-68H. The van der Waals surface area contributed by atoms with Gasteiger partial charge in [-0.05, 0) is 192 Å². The molecule has 2 heteroatoms. The predicted molar refractivity (Wildman–Crippen MR) is 445 cm³/mol. The van der Waals surface area contributed by atoms with Crippen molar-refractivity contribution in [2.45, 2.75) is 16.2 Å². The molecule has 2 aliphatic carbocycles. The molecule has 0 N–H and O–H groups in total. The molecule has 2 aliphatic heterocycles. The molecule has 22 rings (SSSR count). The maximum atomic E-state index is 2.60. The fourth-order valence-corrected chi connectivity index (χ4v) is 20.2. The maximum Gasteiger partial charge on any atom is 0.0742 e. The molecule has 18 aromatic rings. The first-order valence-electron chi connectivity index (χ1n) is 37.4. The Balaban J connectivity index is 0.926. The highest BCUT2D eigenvalue weighted by Gasteiger charge is 2.55. The number of hydrogen-bond acceptors (Lipinski definition) is 2. The molecule has 4 aliphatic rings. The number of anilines is 6. The van der Waals surface area contributed by atoms with Gasteiger partial charge in [0.1, 0.15) is 0 Å². The monoisotopic (exact) mass is 1360 g/mol. The van der Waals surface area contributed by atoms with E-state index in [0.29, 0.717) is 0 Å². The minimum Gasteiger partial charge on any atom is -0.309 e.